The van der Waals surface area contributed by atoms with E-state index < -0.39 is 0 Å². The molecule has 0 saturated carbocycles. The predicted octanol–water partition coefficient (Wildman–Crippen LogP) is 3.09. The fourth-order valence-electron chi connectivity index (χ4n) is 2.43. The van der Waals surface area contributed by atoms with Crippen LogP contribution < -0.4 is 5.73 Å². The quantitative estimate of drug-likeness (QED) is 0.716. The van der Waals surface area contributed by atoms with Crippen LogP contribution in [0.5, 0.6) is 0 Å². The van der Waals surface area contributed by atoms with Crippen molar-refractivity contribution in [2.75, 3.05) is 40.5 Å². The summed E-state index contributed by atoms with van der Waals surface area (Å²) in [7, 11) is 3.41. The minimum Gasteiger partial charge on any atom is -0.383 e. The Labute approximate surface area is 140 Å². The second-order valence-corrected chi connectivity index (χ2v) is 6.24. The molecule has 0 aliphatic rings. The van der Waals surface area contributed by atoms with E-state index in [4.69, 9.17) is 26.8 Å². The number of methoxy groups -OCH3 is 2. The van der Waals surface area contributed by atoms with E-state index in [0.717, 1.165) is 16.6 Å². The number of ether oxygens (including phenoxy) is 2. The third-order valence-electron chi connectivity index (χ3n) is 3.47. The number of benzene rings is 1. The molecule has 0 fully saturated rings. The number of halogens is 2. The molecule has 1 aromatic rings. The van der Waals surface area contributed by atoms with Gasteiger partial charge in [0.25, 0.3) is 0 Å². The van der Waals surface area contributed by atoms with Gasteiger partial charge < -0.3 is 15.2 Å². The van der Waals surface area contributed by atoms with Crippen molar-refractivity contribution in [3.05, 3.63) is 33.3 Å². The van der Waals surface area contributed by atoms with Gasteiger partial charge in [-0.2, -0.15) is 0 Å². The van der Waals surface area contributed by atoms with Gasteiger partial charge in [-0.15, -0.1) is 0 Å². The van der Waals surface area contributed by atoms with Crippen molar-refractivity contribution in [2.24, 2.45) is 5.73 Å². The van der Waals surface area contributed by atoms with Crippen LogP contribution in [0.4, 0.5) is 0 Å². The molecule has 0 aliphatic carbocycles. The number of nitrogens with two attached hydrogens (primary N) is 1. The number of rotatable bonds is 9. The zero-order valence-corrected chi connectivity index (χ0v) is 15.2. The van der Waals surface area contributed by atoms with Crippen LogP contribution in [0.3, 0.4) is 0 Å². The Bertz CT molecular complexity index is 434. The minimum absolute atomic E-state index is 0.0805. The molecule has 120 valence electrons. The lowest BCUT2D eigenvalue weighted by Crippen LogP contribution is -2.44. The Morgan fingerprint density at radius 3 is 2.57 bits per heavy atom. The summed E-state index contributed by atoms with van der Waals surface area (Å²) in [6.07, 6.45) is 0. The van der Waals surface area contributed by atoms with Gasteiger partial charge in [-0.3, -0.25) is 4.90 Å². The molecule has 0 aromatic heterocycles. The number of hydrogen-bond donors (Lipinski definition) is 1. The van der Waals surface area contributed by atoms with Gasteiger partial charge in [0.05, 0.1) is 13.2 Å². The van der Waals surface area contributed by atoms with E-state index in [0.29, 0.717) is 24.8 Å². The molecule has 0 aliphatic heterocycles. The normalized spacial score (nSPS) is 14.4. The highest BCUT2D eigenvalue weighted by Gasteiger charge is 2.25. The molecule has 2 unspecified atom stereocenters. The molecule has 0 bridgehead atoms. The predicted molar refractivity (Wildman–Crippen MR) is 90.9 cm³/mol. The summed E-state index contributed by atoms with van der Waals surface area (Å²) in [5, 5.41) is 0.703. The first kappa shape index (κ1) is 18.9. The molecule has 0 spiro atoms. The maximum absolute atomic E-state index is 6.04. The molecule has 0 radical (unpaired) electrons. The molecule has 0 heterocycles. The summed E-state index contributed by atoms with van der Waals surface area (Å²) < 4.78 is 11.5. The molecule has 2 atom stereocenters. The summed E-state index contributed by atoms with van der Waals surface area (Å²) in [6.45, 7) is 4.72. The molecule has 1 rings (SSSR count). The van der Waals surface area contributed by atoms with Crippen molar-refractivity contribution < 1.29 is 9.47 Å². The SMILES string of the molecule is COCCN(C(C)COC)C(CN)c1ccc(Cl)cc1Br. The van der Waals surface area contributed by atoms with Gasteiger partial charge >= 0.3 is 0 Å². The molecule has 6 heteroatoms. The first-order valence-electron chi connectivity index (χ1n) is 6.93. The number of hydrogen-bond acceptors (Lipinski definition) is 4. The third kappa shape index (κ3) is 5.51. The van der Waals surface area contributed by atoms with Crippen molar-refractivity contribution in [1.82, 2.24) is 4.90 Å². The fraction of sp³-hybridized carbons (Fsp3) is 0.600. The van der Waals surface area contributed by atoms with Gasteiger partial charge in [0.15, 0.2) is 0 Å². The van der Waals surface area contributed by atoms with Crippen LogP contribution in [-0.2, 0) is 9.47 Å². The van der Waals surface area contributed by atoms with Crippen LogP contribution >= 0.6 is 27.5 Å². The second-order valence-electron chi connectivity index (χ2n) is 4.95. The number of nitrogens with zero attached hydrogens (tertiary/aromatic N) is 1. The third-order valence-corrected chi connectivity index (χ3v) is 4.39. The summed E-state index contributed by atoms with van der Waals surface area (Å²) in [4.78, 5) is 2.31. The summed E-state index contributed by atoms with van der Waals surface area (Å²) >= 11 is 9.61. The van der Waals surface area contributed by atoms with Gasteiger partial charge in [-0.1, -0.05) is 33.6 Å². The molecule has 4 nitrogen and oxygen atoms in total. The highest BCUT2D eigenvalue weighted by Crippen LogP contribution is 2.30. The molecule has 21 heavy (non-hydrogen) atoms. The Morgan fingerprint density at radius 1 is 1.33 bits per heavy atom. The average molecular weight is 380 g/mol. The van der Waals surface area contributed by atoms with Crippen LogP contribution in [0.25, 0.3) is 0 Å². The van der Waals surface area contributed by atoms with Crippen LogP contribution in [-0.4, -0.2) is 51.5 Å². The van der Waals surface area contributed by atoms with Gasteiger partial charge in [0, 0.05) is 48.9 Å². The Balaban J connectivity index is 3.04. The van der Waals surface area contributed by atoms with Crippen molar-refractivity contribution in [3.8, 4) is 0 Å². The van der Waals surface area contributed by atoms with Crippen molar-refractivity contribution >= 4 is 27.5 Å². The summed E-state index contributed by atoms with van der Waals surface area (Å²) in [6, 6.07) is 6.12. The van der Waals surface area contributed by atoms with Crippen LogP contribution in [0, 0.1) is 0 Å². The van der Waals surface area contributed by atoms with E-state index >= 15 is 0 Å². The average Bonchev–Trinajstić information content (AvgIpc) is 2.45. The van der Waals surface area contributed by atoms with Gasteiger partial charge in [0.1, 0.15) is 0 Å². The van der Waals surface area contributed by atoms with E-state index in [1.165, 1.54) is 0 Å². The lowest BCUT2D eigenvalue weighted by Gasteiger charge is -2.36. The van der Waals surface area contributed by atoms with Crippen LogP contribution in [0.15, 0.2) is 22.7 Å². The molecule has 0 saturated heterocycles. The zero-order chi connectivity index (χ0) is 15.8. The summed E-state index contributed by atoms with van der Waals surface area (Å²) in [5.74, 6) is 0. The van der Waals surface area contributed by atoms with E-state index in [2.05, 4.69) is 27.8 Å². The monoisotopic (exact) mass is 378 g/mol. The summed E-state index contributed by atoms with van der Waals surface area (Å²) in [5.41, 5.74) is 7.17. The van der Waals surface area contributed by atoms with E-state index in [9.17, 15) is 0 Å². The lowest BCUT2D eigenvalue weighted by molar-refractivity contribution is 0.0485. The maximum Gasteiger partial charge on any atom is 0.0615 e. The Morgan fingerprint density at radius 2 is 2.05 bits per heavy atom. The lowest BCUT2D eigenvalue weighted by atomic mass is 10.0. The van der Waals surface area contributed by atoms with Crippen LogP contribution in [0.2, 0.25) is 5.02 Å². The van der Waals surface area contributed by atoms with Gasteiger partial charge in [-0.25, -0.2) is 0 Å². The van der Waals surface area contributed by atoms with Crippen molar-refractivity contribution in [3.63, 3.8) is 0 Å². The molecular formula is C15H24BrClN2O2. The Kier molecular flexibility index (Phi) is 8.78. The second kappa shape index (κ2) is 9.77. The van der Waals surface area contributed by atoms with E-state index in [1.54, 1.807) is 14.2 Å². The highest BCUT2D eigenvalue weighted by molar-refractivity contribution is 9.10. The maximum atomic E-state index is 6.04. The molecular weight excluding hydrogens is 356 g/mol. The zero-order valence-electron chi connectivity index (χ0n) is 12.8. The van der Waals surface area contributed by atoms with Crippen LogP contribution in [0.1, 0.15) is 18.5 Å². The van der Waals surface area contributed by atoms with Gasteiger partial charge in [0.2, 0.25) is 0 Å². The van der Waals surface area contributed by atoms with Crippen molar-refractivity contribution in [1.29, 1.82) is 0 Å². The first-order valence-corrected chi connectivity index (χ1v) is 8.10. The van der Waals surface area contributed by atoms with Gasteiger partial charge in [-0.05, 0) is 24.6 Å². The fourth-order valence-corrected chi connectivity index (χ4v) is 3.38. The molecule has 1 aromatic carbocycles. The smallest absolute Gasteiger partial charge is 0.0615 e. The van der Waals surface area contributed by atoms with E-state index in [-0.39, 0.29) is 12.1 Å². The Hall–Kier alpha value is -0.170. The molecule has 0 amide bonds. The minimum atomic E-state index is 0.0805. The van der Waals surface area contributed by atoms with Crippen molar-refractivity contribution in [2.45, 2.75) is 19.0 Å². The molecule has 2 N–H and O–H groups in total. The first-order chi connectivity index (χ1) is 10.0. The topological polar surface area (TPSA) is 47.7 Å². The largest absolute Gasteiger partial charge is 0.383 e. The van der Waals surface area contributed by atoms with E-state index in [1.807, 2.05) is 18.2 Å². The highest BCUT2D eigenvalue weighted by atomic mass is 79.9. The standard InChI is InChI=1S/C15H24BrClN2O2/c1-11(10-21-3)19(6-7-20-2)15(9-18)13-5-4-12(17)8-14(13)16/h4-5,8,11,15H,6-7,9-10,18H2,1-3H3.